The van der Waals surface area contributed by atoms with Crippen molar-refractivity contribution in [2.24, 2.45) is 0 Å². The van der Waals surface area contributed by atoms with Gasteiger partial charge in [0.05, 0.1) is 0 Å². The number of rotatable bonds is 3. The molecule has 0 aliphatic heterocycles. The first-order chi connectivity index (χ1) is 8.14. The molecular weight excluding hydrogens is 311 g/mol. The maximum absolute atomic E-state index is 11.0. The van der Waals surface area contributed by atoms with E-state index in [-0.39, 0.29) is 5.69 Å². The molecule has 1 aromatic carbocycles. The van der Waals surface area contributed by atoms with E-state index in [1.807, 2.05) is 0 Å². The molecule has 98 valence electrons. The van der Waals surface area contributed by atoms with Gasteiger partial charge in [0.1, 0.15) is 0 Å². The number of anilines is 1. The van der Waals surface area contributed by atoms with E-state index in [0.29, 0.717) is 0 Å². The number of aromatic hydroxyl groups is 1. The van der Waals surface area contributed by atoms with Crippen LogP contribution >= 0.6 is 0 Å². The topological polar surface area (TPSA) is 150 Å². The van der Waals surface area contributed by atoms with Gasteiger partial charge in [0.2, 0.25) is 0 Å². The fourth-order valence-corrected chi connectivity index (χ4v) is 2.64. The number of carbonyl (C=O) groups excluding carboxylic acids is 1. The number of nitrogens with one attached hydrogen (secondary N) is 1. The number of nitrogens with zero attached hydrogens (tertiary/aromatic N) is 1. The van der Waals surface area contributed by atoms with Gasteiger partial charge in [-0.15, -0.1) is 0 Å². The van der Waals surface area contributed by atoms with Crippen LogP contribution in [-0.4, -0.2) is 38.3 Å². The van der Waals surface area contributed by atoms with Crippen LogP contribution in [0.15, 0.2) is 12.1 Å². The quantitative estimate of drug-likeness (QED) is 0.311. The van der Waals surface area contributed by atoms with Crippen LogP contribution < -0.4 is 9.67 Å². The number of benzene rings is 1. The number of phenolic OH excluding ortho intramolecular Hbond substituents is 1. The van der Waals surface area contributed by atoms with Crippen LogP contribution in [0.2, 0.25) is 0 Å². The van der Waals surface area contributed by atoms with Gasteiger partial charge in [-0.3, -0.25) is 0 Å². The Labute approximate surface area is 103 Å². The van der Waals surface area contributed by atoms with Gasteiger partial charge < -0.3 is 0 Å². The van der Waals surface area contributed by atoms with Crippen molar-refractivity contribution in [3.63, 3.8) is 0 Å². The average Bonchev–Trinajstić information content (AvgIpc) is 2.13. The third-order valence-electron chi connectivity index (χ3n) is 1.94. The molecule has 0 fully saturated rings. The standard InChI is InChI=1S/C8H9AsN2O7/c1-4(12)10-6-3-2-5(9(14,15)16)8(13)7(6)11(17)18/h2-3,13H,1H3,(H,10,12)(H2,14,15,16). The van der Waals surface area contributed by atoms with Crippen molar-refractivity contribution in [2.75, 3.05) is 5.32 Å². The molecule has 0 aliphatic carbocycles. The fraction of sp³-hybridized carbons (Fsp3) is 0.125. The predicted octanol–water partition coefficient (Wildman–Crippen LogP) is -1.18. The Bertz CT molecular complexity index is 565. The Balaban J connectivity index is 3.52. The molecule has 0 saturated carbocycles. The average molecular weight is 320 g/mol. The molecule has 1 rings (SSSR count). The first-order valence-corrected chi connectivity index (χ1v) is 7.87. The summed E-state index contributed by atoms with van der Waals surface area (Å²) in [5.41, 5.74) is -1.29. The van der Waals surface area contributed by atoms with Gasteiger partial charge in [-0.05, 0) is 0 Å². The van der Waals surface area contributed by atoms with Crippen molar-refractivity contribution in [3.8, 4) is 5.75 Å². The first-order valence-electron chi connectivity index (χ1n) is 4.48. The van der Waals surface area contributed by atoms with Crippen molar-refractivity contribution in [3.05, 3.63) is 22.2 Å². The number of hydrogen-bond acceptors (Lipinski definition) is 5. The molecule has 0 bridgehead atoms. The molecule has 1 amide bonds. The summed E-state index contributed by atoms with van der Waals surface area (Å²) >= 11 is -5.48. The van der Waals surface area contributed by atoms with Crippen LogP contribution in [-0.2, 0) is 8.53 Å². The number of phenols is 1. The third-order valence-corrected chi connectivity index (χ3v) is 4.01. The molecule has 18 heavy (non-hydrogen) atoms. The number of nitro groups is 1. The third kappa shape index (κ3) is 2.89. The maximum atomic E-state index is 11.0. The zero-order valence-electron chi connectivity index (χ0n) is 9.02. The van der Waals surface area contributed by atoms with Gasteiger partial charge in [-0.25, -0.2) is 0 Å². The van der Waals surface area contributed by atoms with Crippen molar-refractivity contribution < 1.29 is 26.8 Å². The van der Waals surface area contributed by atoms with E-state index in [4.69, 9.17) is 8.19 Å². The number of nitro benzene ring substituents is 1. The Morgan fingerprint density at radius 2 is 2.00 bits per heavy atom. The minimum atomic E-state index is -5.48. The molecule has 0 aromatic heterocycles. The fourth-order valence-electron chi connectivity index (χ4n) is 1.28. The van der Waals surface area contributed by atoms with E-state index >= 15 is 0 Å². The summed E-state index contributed by atoms with van der Waals surface area (Å²) in [4.78, 5) is 20.5. The zero-order valence-corrected chi connectivity index (χ0v) is 10.9. The molecule has 0 spiro atoms. The van der Waals surface area contributed by atoms with E-state index in [1.54, 1.807) is 0 Å². The number of hydrogen-bond donors (Lipinski definition) is 4. The van der Waals surface area contributed by atoms with E-state index in [9.17, 15) is 23.8 Å². The van der Waals surface area contributed by atoms with Crippen LogP contribution in [0.5, 0.6) is 5.75 Å². The molecule has 10 heteroatoms. The molecule has 4 N–H and O–H groups in total. The summed E-state index contributed by atoms with van der Waals surface area (Å²) in [5, 5.41) is 22.4. The zero-order chi connectivity index (χ0) is 14.1. The summed E-state index contributed by atoms with van der Waals surface area (Å²) in [6.07, 6.45) is 0. The Morgan fingerprint density at radius 3 is 2.39 bits per heavy atom. The second kappa shape index (κ2) is 4.81. The second-order valence-corrected chi connectivity index (χ2v) is 6.61. The summed E-state index contributed by atoms with van der Waals surface area (Å²) in [7, 11) is 0. The minimum absolute atomic E-state index is 0.335. The van der Waals surface area contributed by atoms with Crippen LogP contribution in [0, 0.1) is 10.1 Å². The summed E-state index contributed by atoms with van der Waals surface area (Å²) in [5.74, 6) is -1.76. The Kier molecular flexibility index (Phi) is 3.80. The molecule has 0 aliphatic rings. The molecule has 0 heterocycles. The second-order valence-electron chi connectivity index (χ2n) is 3.31. The molecule has 0 atom stereocenters. The SMILES string of the molecule is CC(=O)Nc1ccc([As](=O)(O)O)c(O)c1[N+](=O)[O-]. The first kappa shape index (κ1) is 14.2. The number of carbonyl (C=O) groups is 1. The summed E-state index contributed by atoms with van der Waals surface area (Å²) in [6.45, 7) is 1.10. The van der Waals surface area contributed by atoms with Gasteiger partial charge in [0, 0.05) is 0 Å². The van der Waals surface area contributed by atoms with Gasteiger partial charge >= 0.3 is 103 Å². The molecule has 1 aromatic rings. The van der Waals surface area contributed by atoms with Crippen molar-refractivity contribution >= 4 is 35.8 Å². The van der Waals surface area contributed by atoms with Crippen molar-refractivity contribution in [2.45, 2.75) is 6.92 Å². The summed E-state index contributed by atoms with van der Waals surface area (Å²) in [6, 6.07) is 1.79. The molecule has 0 radical (unpaired) electrons. The molecule has 0 saturated heterocycles. The van der Waals surface area contributed by atoms with Crippen molar-refractivity contribution in [1.29, 1.82) is 0 Å². The Hall–Kier alpha value is -1.83. The molecular formula is C8H9AsN2O7. The predicted molar refractivity (Wildman–Crippen MR) is 59.6 cm³/mol. The molecule has 0 unspecified atom stereocenters. The van der Waals surface area contributed by atoms with Crippen molar-refractivity contribution in [1.82, 2.24) is 0 Å². The van der Waals surface area contributed by atoms with E-state index < -0.39 is 40.8 Å². The van der Waals surface area contributed by atoms with Gasteiger partial charge in [-0.2, -0.15) is 0 Å². The molecule has 9 nitrogen and oxygen atoms in total. The van der Waals surface area contributed by atoms with Crippen LogP contribution in [0.1, 0.15) is 6.92 Å². The monoisotopic (exact) mass is 320 g/mol. The van der Waals surface area contributed by atoms with Gasteiger partial charge in [0.15, 0.2) is 0 Å². The normalized spacial score (nSPS) is 11.1. The van der Waals surface area contributed by atoms with Gasteiger partial charge in [-0.1, -0.05) is 0 Å². The van der Waals surface area contributed by atoms with Crippen LogP contribution in [0.3, 0.4) is 0 Å². The summed E-state index contributed by atoms with van der Waals surface area (Å²) < 4.78 is 28.1. The van der Waals surface area contributed by atoms with Crippen LogP contribution in [0.4, 0.5) is 11.4 Å². The van der Waals surface area contributed by atoms with E-state index in [2.05, 4.69) is 5.32 Å². The number of amides is 1. The van der Waals surface area contributed by atoms with Crippen LogP contribution in [0.25, 0.3) is 0 Å². The van der Waals surface area contributed by atoms with E-state index in [1.165, 1.54) is 0 Å². The Morgan fingerprint density at radius 1 is 1.44 bits per heavy atom. The van der Waals surface area contributed by atoms with Gasteiger partial charge in [0.25, 0.3) is 0 Å². The van der Waals surface area contributed by atoms with E-state index in [0.717, 1.165) is 19.1 Å².